The van der Waals surface area contributed by atoms with Crippen molar-refractivity contribution in [1.82, 2.24) is 14.8 Å². The molecule has 0 spiro atoms. The number of aliphatic imine (C=N–C) groups is 1. The summed E-state index contributed by atoms with van der Waals surface area (Å²) in [5.74, 6) is 1.84. The minimum atomic E-state index is 0.0611. The van der Waals surface area contributed by atoms with Gasteiger partial charge in [0.1, 0.15) is 5.75 Å². The Hall–Kier alpha value is -2.96. The predicted molar refractivity (Wildman–Crippen MR) is 118 cm³/mol. The minimum absolute atomic E-state index is 0.0611. The predicted octanol–water partition coefficient (Wildman–Crippen LogP) is 2.03. The van der Waals surface area contributed by atoms with Crippen molar-refractivity contribution in [2.45, 2.75) is 19.4 Å². The lowest BCUT2D eigenvalue weighted by atomic mass is 10.2. The highest BCUT2D eigenvalue weighted by Gasteiger charge is 2.19. The van der Waals surface area contributed by atoms with Gasteiger partial charge < -0.3 is 24.4 Å². The SMILES string of the molecule is CN=C(NCCCCn1ccccc1=O)N1CCN(c2ccc(OC)cc2)CC1. The molecule has 29 heavy (non-hydrogen) atoms. The standard InChI is InChI=1S/C22H31N5O2/c1-23-22(24-12-4-6-14-26-13-5-3-7-21(26)28)27-17-15-25(16-18-27)19-8-10-20(29-2)11-9-19/h3,5,7-11,13H,4,6,12,14-18H2,1-2H3,(H,23,24). The average Bonchev–Trinajstić information content (AvgIpc) is 2.78. The van der Waals surface area contributed by atoms with Crippen LogP contribution in [0, 0.1) is 0 Å². The van der Waals surface area contributed by atoms with Gasteiger partial charge in [0.2, 0.25) is 5.56 Å². The Morgan fingerprint density at radius 1 is 1.07 bits per heavy atom. The number of ether oxygens (including phenoxy) is 1. The van der Waals surface area contributed by atoms with Crippen LogP contribution in [0.5, 0.6) is 5.75 Å². The number of anilines is 1. The number of nitrogens with zero attached hydrogens (tertiary/aromatic N) is 4. The molecule has 2 heterocycles. The van der Waals surface area contributed by atoms with E-state index in [2.05, 4.69) is 32.2 Å². The number of nitrogens with one attached hydrogen (secondary N) is 1. The molecule has 7 nitrogen and oxygen atoms in total. The third-order valence-corrected chi connectivity index (χ3v) is 5.24. The van der Waals surface area contributed by atoms with Gasteiger partial charge in [-0.3, -0.25) is 9.79 Å². The smallest absolute Gasteiger partial charge is 0.250 e. The van der Waals surface area contributed by atoms with Gasteiger partial charge in [-0.2, -0.15) is 0 Å². The van der Waals surface area contributed by atoms with Crippen LogP contribution in [0.3, 0.4) is 0 Å². The molecule has 1 aromatic heterocycles. The number of aryl methyl sites for hydroxylation is 1. The van der Waals surface area contributed by atoms with E-state index in [-0.39, 0.29) is 5.56 Å². The van der Waals surface area contributed by atoms with Crippen LogP contribution < -0.4 is 20.5 Å². The molecule has 0 radical (unpaired) electrons. The van der Waals surface area contributed by atoms with E-state index in [0.29, 0.717) is 0 Å². The van der Waals surface area contributed by atoms with Crippen LogP contribution >= 0.6 is 0 Å². The summed E-state index contributed by atoms with van der Waals surface area (Å²) in [5.41, 5.74) is 1.29. The maximum atomic E-state index is 11.7. The first-order valence-electron chi connectivity index (χ1n) is 10.2. The van der Waals surface area contributed by atoms with E-state index < -0.39 is 0 Å². The van der Waals surface area contributed by atoms with E-state index in [4.69, 9.17) is 4.74 Å². The van der Waals surface area contributed by atoms with Gasteiger partial charge in [-0.1, -0.05) is 6.07 Å². The van der Waals surface area contributed by atoms with Crippen molar-refractivity contribution in [3.05, 3.63) is 59.0 Å². The molecular formula is C22H31N5O2. The summed E-state index contributed by atoms with van der Waals surface area (Å²) in [6.07, 6.45) is 3.79. The molecule has 3 rings (SSSR count). The summed E-state index contributed by atoms with van der Waals surface area (Å²) in [4.78, 5) is 20.9. The fourth-order valence-electron chi connectivity index (χ4n) is 3.55. The lowest BCUT2D eigenvalue weighted by molar-refractivity contribution is 0.372. The first-order chi connectivity index (χ1) is 14.2. The quantitative estimate of drug-likeness (QED) is 0.440. The summed E-state index contributed by atoms with van der Waals surface area (Å²) in [6.45, 7) is 5.40. The molecule has 0 unspecified atom stereocenters. The van der Waals surface area contributed by atoms with Crippen LogP contribution in [0.25, 0.3) is 0 Å². The van der Waals surface area contributed by atoms with Gasteiger partial charge in [-0.25, -0.2) is 0 Å². The number of benzene rings is 1. The number of hydrogen-bond acceptors (Lipinski definition) is 4. The number of unbranched alkanes of at least 4 members (excludes halogenated alkanes) is 1. The van der Waals surface area contributed by atoms with Crippen molar-refractivity contribution in [3.8, 4) is 5.75 Å². The average molecular weight is 398 g/mol. The molecule has 1 aromatic carbocycles. The Morgan fingerprint density at radius 3 is 2.48 bits per heavy atom. The van der Waals surface area contributed by atoms with Crippen molar-refractivity contribution < 1.29 is 4.74 Å². The zero-order valence-electron chi connectivity index (χ0n) is 17.4. The van der Waals surface area contributed by atoms with Crippen molar-refractivity contribution in [1.29, 1.82) is 0 Å². The highest BCUT2D eigenvalue weighted by atomic mass is 16.5. The summed E-state index contributed by atoms with van der Waals surface area (Å²) in [6, 6.07) is 13.5. The minimum Gasteiger partial charge on any atom is -0.497 e. The van der Waals surface area contributed by atoms with Crippen LogP contribution in [0.4, 0.5) is 5.69 Å². The summed E-state index contributed by atoms with van der Waals surface area (Å²) in [7, 11) is 3.52. The molecule has 0 atom stereocenters. The summed E-state index contributed by atoms with van der Waals surface area (Å²) in [5, 5.41) is 3.46. The van der Waals surface area contributed by atoms with Crippen LogP contribution in [-0.2, 0) is 6.54 Å². The Morgan fingerprint density at radius 2 is 1.83 bits per heavy atom. The maximum Gasteiger partial charge on any atom is 0.250 e. The lowest BCUT2D eigenvalue weighted by Gasteiger charge is -2.37. The molecule has 2 aromatic rings. The lowest BCUT2D eigenvalue weighted by Crippen LogP contribution is -2.52. The van der Waals surface area contributed by atoms with Crippen molar-refractivity contribution in [2.75, 3.05) is 51.8 Å². The van der Waals surface area contributed by atoms with Gasteiger partial charge in [0.05, 0.1) is 7.11 Å². The van der Waals surface area contributed by atoms with E-state index in [1.165, 1.54) is 5.69 Å². The number of pyridine rings is 1. The molecule has 1 aliphatic heterocycles. The fourth-order valence-corrected chi connectivity index (χ4v) is 3.55. The number of piperazine rings is 1. The largest absolute Gasteiger partial charge is 0.497 e. The molecule has 0 saturated carbocycles. The third-order valence-electron chi connectivity index (χ3n) is 5.24. The molecule has 7 heteroatoms. The molecule has 0 amide bonds. The Balaban J connectivity index is 1.39. The Kier molecular flexibility index (Phi) is 7.55. The van der Waals surface area contributed by atoms with Gasteiger partial charge >= 0.3 is 0 Å². The van der Waals surface area contributed by atoms with Gasteiger partial charge in [-0.05, 0) is 43.2 Å². The first-order valence-corrected chi connectivity index (χ1v) is 10.2. The normalized spacial score (nSPS) is 14.8. The van der Waals surface area contributed by atoms with Crippen LogP contribution in [0.15, 0.2) is 58.4 Å². The zero-order chi connectivity index (χ0) is 20.5. The van der Waals surface area contributed by atoms with Crippen molar-refractivity contribution in [2.24, 2.45) is 4.99 Å². The number of methoxy groups -OCH3 is 1. The van der Waals surface area contributed by atoms with Gasteiger partial charge in [0.15, 0.2) is 5.96 Å². The molecule has 1 aliphatic rings. The molecule has 1 fully saturated rings. The van der Waals surface area contributed by atoms with E-state index in [9.17, 15) is 4.79 Å². The number of rotatable bonds is 7. The van der Waals surface area contributed by atoms with Crippen LogP contribution in [0.2, 0.25) is 0 Å². The van der Waals surface area contributed by atoms with E-state index in [0.717, 1.165) is 63.8 Å². The van der Waals surface area contributed by atoms with E-state index >= 15 is 0 Å². The fraction of sp³-hybridized carbons (Fsp3) is 0.455. The molecular weight excluding hydrogens is 366 g/mol. The Labute approximate surface area is 172 Å². The second-order valence-electron chi connectivity index (χ2n) is 7.09. The highest BCUT2D eigenvalue weighted by molar-refractivity contribution is 5.80. The van der Waals surface area contributed by atoms with Gasteiger partial charge in [0.25, 0.3) is 0 Å². The van der Waals surface area contributed by atoms with Gasteiger partial charge in [-0.15, -0.1) is 0 Å². The van der Waals surface area contributed by atoms with E-state index in [1.54, 1.807) is 23.8 Å². The summed E-state index contributed by atoms with van der Waals surface area (Å²) >= 11 is 0. The van der Waals surface area contributed by atoms with Crippen LogP contribution in [0.1, 0.15) is 12.8 Å². The zero-order valence-corrected chi connectivity index (χ0v) is 17.4. The first kappa shape index (κ1) is 20.8. The second-order valence-corrected chi connectivity index (χ2v) is 7.09. The van der Waals surface area contributed by atoms with Crippen molar-refractivity contribution >= 4 is 11.6 Å². The second kappa shape index (κ2) is 10.5. The maximum absolute atomic E-state index is 11.7. The molecule has 1 N–H and O–H groups in total. The topological polar surface area (TPSA) is 62.1 Å². The monoisotopic (exact) mass is 397 g/mol. The molecule has 0 aliphatic carbocycles. The molecule has 1 saturated heterocycles. The molecule has 156 valence electrons. The number of hydrogen-bond donors (Lipinski definition) is 1. The van der Waals surface area contributed by atoms with Crippen LogP contribution in [-0.4, -0.2) is 62.3 Å². The highest BCUT2D eigenvalue weighted by Crippen LogP contribution is 2.20. The summed E-state index contributed by atoms with van der Waals surface area (Å²) < 4.78 is 6.99. The number of aromatic nitrogens is 1. The Bertz CT molecular complexity index is 839. The third kappa shape index (κ3) is 5.76. The van der Waals surface area contributed by atoms with Gasteiger partial charge in [0, 0.05) is 64.3 Å². The number of guanidine groups is 1. The molecule has 0 bridgehead atoms. The van der Waals surface area contributed by atoms with E-state index in [1.807, 2.05) is 31.4 Å². The van der Waals surface area contributed by atoms with Crippen molar-refractivity contribution in [3.63, 3.8) is 0 Å².